The Hall–Kier alpha value is -2.34. The largest absolute Gasteiger partial charge is 0.486 e. The summed E-state index contributed by atoms with van der Waals surface area (Å²) in [6.45, 7) is 2.10. The van der Waals surface area contributed by atoms with Gasteiger partial charge in [0.2, 0.25) is 5.05 Å². The van der Waals surface area contributed by atoms with Crippen LogP contribution in [0.4, 0.5) is 0 Å². The van der Waals surface area contributed by atoms with Crippen molar-refractivity contribution in [3.63, 3.8) is 0 Å². The van der Waals surface area contributed by atoms with Gasteiger partial charge in [0.1, 0.15) is 5.01 Å². The molecule has 4 aromatic rings. The van der Waals surface area contributed by atoms with Gasteiger partial charge in [0.05, 0.1) is 22.6 Å². The molecule has 0 saturated heterocycles. The summed E-state index contributed by atoms with van der Waals surface area (Å²) in [6.07, 6.45) is 0. The van der Waals surface area contributed by atoms with Crippen molar-refractivity contribution in [1.29, 1.82) is 0 Å². The summed E-state index contributed by atoms with van der Waals surface area (Å²) in [4.78, 5) is 8.37. The predicted octanol–water partition coefficient (Wildman–Crippen LogP) is 6.84. The summed E-state index contributed by atoms with van der Waals surface area (Å²) in [5.74, 6) is 0. The van der Waals surface area contributed by atoms with Gasteiger partial charge in [0, 0.05) is 16.0 Å². The molecule has 0 fully saturated rings. The molecule has 0 N–H and O–H groups in total. The van der Waals surface area contributed by atoms with Crippen molar-refractivity contribution in [3.8, 4) is 32.3 Å². The molecule has 0 saturated carbocycles. The van der Waals surface area contributed by atoms with E-state index in [0.29, 0.717) is 5.05 Å². The first-order chi connectivity index (χ1) is 13.2. The number of thiazole rings is 1. The van der Waals surface area contributed by atoms with Crippen molar-refractivity contribution in [2.24, 2.45) is 0 Å². The van der Waals surface area contributed by atoms with E-state index in [1.165, 1.54) is 15.3 Å². The highest BCUT2D eigenvalue weighted by atomic mass is 32.1. The lowest BCUT2D eigenvalue weighted by molar-refractivity contribution is 0.417. The number of aromatic nitrogens is 1. The normalized spacial score (nSPS) is 10.7. The molecule has 0 aliphatic rings. The van der Waals surface area contributed by atoms with Gasteiger partial charge >= 0.3 is 0 Å². The molecular formula is C22H17NOS3. The Bertz CT molecular complexity index is 1020. The van der Waals surface area contributed by atoms with Gasteiger partial charge in [0.15, 0.2) is 0 Å². The lowest BCUT2D eigenvalue weighted by atomic mass is 10.1. The molecule has 0 spiro atoms. The van der Waals surface area contributed by atoms with Crippen LogP contribution in [0.5, 0.6) is 0 Å². The molecular weight excluding hydrogens is 390 g/mol. The molecule has 0 amide bonds. The van der Waals surface area contributed by atoms with Crippen LogP contribution in [0.2, 0.25) is 0 Å². The maximum Gasteiger partial charge on any atom is 0.201 e. The fourth-order valence-corrected chi connectivity index (χ4v) is 5.26. The summed E-state index contributed by atoms with van der Waals surface area (Å²) in [7, 11) is 1.61. The summed E-state index contributed by atoms with van der Waals surface area (Å²) in [5, 5.41) is 1.53. The van der Waals surface area contributed by atoms with E-state index in [9.17, 15) is 0 Å². The lowest BCUT2D eigenvalue weighted by Gasteiger charge is -2.02. The van der Waals surface area contributed by atoms with Crippen molar-refractivity contribution in [1.82, 2.24) is 4.98 Å². The minimum absolute atomic E-state index is 0.525. The highest BCUT2D eigenvalue weighted by Crippen LogP contribution is 2.42. The van der Waals surface area contributed by atoms with Crippen molar-refractivity contribution in [2.75, 3.05) is 7.11 Å². The molecule has 0 aliphatic heterocycles. The molecule has 0 unspecified atom stereocenters. The van der Waals surface area contributed by atoms with Crippen LogP contribution >= 0.6 is 34.9 Å². The number of hydrogen-bond donors (Lipinski definition) is 0. The molecule has 2 nitrogen and oxygen atoms in total. The Labute approximate surface area is 172 Å². The third-order valence-corrected chi connectivity index (χ3v) is 6.95. The zero-order valence-electron chi connectivity index (χ0n) is 14.9. The summed E-state index contributed by atoms with van der Waals surface area (Å²) < 4.78 is 5.23. The minimum atomic E-state index is 0.525. The fourth-order valence-electron chi connectivity index (χ4n) is 2.91. The molecule has 2 aromatic heterocycles. The van der Waals surface area contributed by atoms with Crippen LogP contribution in [0.25, 0.3) is 32.3 Å². The lowest BCUT2D eigenvalue weighted by Crippen LogP contribution is -1.94. The Kier molecular flexibility index (Phi) is 5.16. The highest BCUT2D eigenvalue weighted by Gasteiger charge is 2.19. The van der Waals surface area contributed by atoms with Gasteiger partial charge in [0.25, 0.3) is 0 Å². The second-order valence-corrected chi connectivity index (χ2v) is 8.63. The third kappa shape index (κ3) is 3.58. The van der Waals surface area contributed by atoms with Gasteiger partial charge in [-0.2, -0.15) is 0 Å². The molecule has 4 rings (SSSR count). The van der Waals surface area contributed by atoms with Gasteiger partial charge in [-0.3, -0.25) is 0 Å². The molecule has 134 valence electrons. The third-order valence-electron chi connectivity index (χ3n) is 4.25. The van der Waals surface area contributed by atoms with E-state index in [0.717, 1.165) is 26.7 Å². The van der Waals surface area contributed by atoms with Gasteiger partial charge in [-0.25, -0.2) is 4.98 Å². The number of aryl methyl sites for hydroxylation is 1. The summed E-state index contributed by atoms with van der Waals surface area (Å²) in [6, 6.07) is 22.9. The zero-order chi connectivity index (χ0) is 18.8. The number of rotatable bonds is 4. The van der Waals surface area contributed by atoms with E-state index < -0.39 is 0 Å². The smallest absolute Gasteiger partial charge is 0.201 e. The topological polar surface area (TPSA) is 22.1 Å². The van der Waals surface area contributed by atoms with Crippen molar-refractivity contribution >= 4 is 39.9 Å². The Morgan fingerprint density at radius 2 is 1.56 bits per heavy atom. The molecule has 0 bridgehead atoms. The van der Waals surface area contributed by atoms with Crippen LogP contribution < -0.4 is 0 Å². The number of benzene rings is 2. The summed E-state index contributed by atoms with van der Waals surface area (Å²) >= 11 is 8.67. The van der Waals surface area contributed by atoms with Crippen LogP contribution in [-0.2, 0) is 4.74 Å². The van der Waals surface area contributed by atoms with Crippen LogP contribution in [0, 0.1) is 6.92 Å². The van der Waals surface area contributed by atoms with Gasteiger partial charge < -0.3 is 4.74 Å². The van der Waals surface area contributed by atoms with Crippen LogP contribution in [0.15, 0.2) is 66.7 Å². The van der Waals surface area contributed by atoms with E-state index in [4.69, 9.17) is 21.9 Å². The number of thiocarbonyl (C=S) groups is 1. The molecule has 0 radical (unpaired) electrons. The Balaban J connectivity index is 1.88. The Morgan fingerprint density at radius 3 is 2.19 bits per heavy atom. The number of methoxy groups -OCH3 is 1. The summed E-state index contributed by atoms with van der Waals surface area (Å²) in [5.41, 5.74) is 4.45. The number of nitrogens with zero attached hydrogens (tertiary/aromatic N) is 1. The zero-order valence-corrected chi connectivity index (χ0v) is 17.4. The monoisotopic (exact) mass is 407 g/mol. The quantitative estimate of drug-likeness (QED) is 0.346. The Morgan fingerprint density at radius 1 is 0.926 bits per heavy atom. The first kappa shape index (κ1) is 18.0. The number of ether oxygens (including phenoxy) is 1. The van der Waals surface area contributed by atoms with E-state index in [1.807, 2.05) is 24.3 Å². The van der Waals surface area contributed by atoms with E-state index in [2.05, 4.69) is 49.4 Å². The average molecular weight is 408 g/mol. The predicted molar refractivity (Wildman–Crippen MR) is 120 cm³/mol. The van der Waals surface area contributed by atoms with Crippen molar-refractivity contribution in [2.45, 2.75) is 6.92 Å². The van der Waals surface area contributed by atoms with Gasteiger partial charge in [-0.15, -0.1) is 22.7 Å². The first-order valence-corrected chi connectivity index (χ1v) is 10.5. The van der Waals surface area contributed by atoms with E-state index in [-0.39, 0.29) is 0 Å². The fraction of sp³-hybridized carbons (Fsp3) is 0.0909. The van der Waals surface area contributed by atoms with E-state index in [1.54, 1.807) is 29.8 Å². The second kappa shape index (κ2) is 7.72. The maximum atomic E-state index is 5.30. The average Bonchev–Trinajstić information content (AvgIpc) is 3.32. The molecule has 27 heavy (non-hydrogen) atoms. The molecule has 0 aliphatic carbocycles. The molecule has 0 atom stereocenters. The number of thiophene rings is 1. The second-order valence-electron chi connectivity index (χ2n) is 6.00. The minimum Gasteiger partial charge on any atom is -0.486 e. The molecule has 2 aromatic carbocycles. The first-order valence-electron chi connectivity index (χ1n) is 8.48. The van der Waals surface area contributed by atoms with Crippen molar-refractivity contribution < 1.29 is 4.74 Å². The van der Waals surface area contributed by atoms with Crippen LogP contribution in [0.3, 0.4) is 0 Å². The van der Waals surface area contributed by atoms with Crippen LogP contribution in [-0.4, -0.2) is 17.1 Å². The van der Waals surface area contributed by atoms with Crippen molar-refractivity contribution in [3.05, 3.63) is 76.5 Å². The van der Waals surface area contributed by atoms with Crippen LogP contribution in [0.1, 0.15) is 9.75 Å². The van der Waals surface area contributed by atoms with Gasteiger partial charge in [-0.1, -0.05) is 60.7 Å². The number of hydrogen-bond acceptors (Lipinski definition) is 5. The van der Waals surface area contributed by atoms with E-state index >= 15 is 0 Å². The molecule has 2 heterocycles. The highest BCUT2D eigenvalue weighted by molar-refractivity contribution is 7.80. The SMILES string of the molecule is COC(=S)c1cc(-c2nc(-c3ccccc3)c(-c3ccccc3)s2)c(C)s1. The maximum absolute atomic E-state index is 5.30. The molecule has 5 heteroatoms. The van der Waals surface area contributed by atoms with Gasteiger partial charge in [-0.05, 0) is 30.8 Å². The standard InChI is InChI=1S/C22H17NOS3/c1-14-17(13-18(26-14)22(25)24-2)21-23-19(15-9-5-3-6-10-15)20(27-21)16-11-7-4-8-12-16/h3-13H,1-2H3.